The molecule has 0 aromatic carbocycles. The number of alkyl halides is 1. The number of fused-ring (bicyclic) bond motifs is 5. The van der Waals surface area contributed by atoms with Crippen LogP contribution in [0.5, 0.6) is 0 Å². The summed E-state index contributed by atoms with van der Waals surface area (Å²) in [6.07, 6.45) is 7.73. The Bertz CT molecular complexity index is 516. The lowest BCUT2D eigenvalue weighted by Gasteiger charge is -2.59. The second kappa shape index (κ2) is 4.88. The van der Waals surface area contributed by atoms with Gasteiger partial charge in [0, 0.05) is 30.1 Å². The third kappa shape index (κ3) is 1.77. The molecule has 0 aliphatic heterocycles. The summed E-state index contributed by atoms with van der Waals surface area (Å²) in [4.78, 5) is 24.2. The van der Waals surface area contributed by atoms with Crippen LogP contribution in [0.4, 0.5) is 4.39 Å². The normalized spacial score (nSPS) is 51.2. The van der Waals surface area contributed by atoms with Gasteiger partial charge >= 0.3 is 0 Å². The Hall–Kier alpha value is -0.730. The van der Waals surface area contributed by atoms with E-state index in [1.807, 2.05) is 0 Å². The summed E-state index contributed by atoms with van der Waals surface area (Å²) in [6.45, 7) is 1.91. The van der Waals surface area contributed by atoms with E-state index < -0.39 is 0 Å². The molecule has 4 saturated carbocycles. The average molecular weight is 306 g/mol. The molecule has 122 valence electrons. The van der Waals surface area contributed by atoms with Gasteiger partial charge in [0.25, 0.3) is 0 Å². The van der Waals surface area contributed by atoms with Gasteiger partial charge in [-0.05, 0) is 62.2 Å². The molecule has 0 bridgehead atoms. The van der Waals surface area contributed by atoms with Crippen LogP contribution in [0.1, 0.15) is 64.7 Å². The minimum absolute atomic E-state index is 0.129. The van der Waals surface area contributed by atoms with Crippen LogP contribution in [0.3, 0.4) is 0 Å². The molecule has 0 aromatic rings. The van der Waals surface area contributed by atoms with Crippen molar-refractivity contribution in [1.29, 1.82) is 0 Å². The second-order valence-corrected chi connectivity index (χ2v) is 8.68. The molecule has 0 spiro atoms. The van der Waals surface area contributed by atoms with Crippen LogP contribution in [0, 0.1) is 34.5 Å². The Kier molecular flexibility index (Phi) is 3.29. The first-order valence-corrected chi connectivity index (χ1v) is 9.12. The monoisotopic (exact) mass is 306 g/mol. The number of hydrogen-bond donors (Lipinski definition) is 0. The first-order chi connectivity index (χ1) is 10.5. The lowest BCUT2D eigenvalue weighted by atomic mass is 9.45. The molecule has 0 heterocycles. The first-order valence-electron chi connectivity index (χ1n) is 9.12. The van der Waals surface area contributed by atoms with Crippen molar-refractivity contribution in [3.8, 4) is 0 Å². The molecule has 4 aliphatic rings. The number of carbonyl (C=O) groups is 2. The molecule has 0 amide bonds. The highest BCUT2D eigenvalue weighted by molar-refractivity contribution is 5.87. The lowest BCUT2D eigenvalue weighted by molar-refractivity contribution is -0.149. The number of carbonyl (C=O) groups excluding carboxylic acids is 2. The van der Waals surface area contributed by atoms with Crippen molar-refractivity contribution in [3.05, 3.63) is 0 Å². The molecule has 0 aromatic heterocycles. The van der Waals surface area contributed by atoms with Gasteiger partial charge in [-0.3, -0.25) is 14.0 Å². The summed E-state index contributed by atoms with van der Waals surface area (Å²) in [6, 6.07) is 0. The van der Waals surface area contributed by atoms with Crippen LogP contribution < -0.4 is 0 Å². The fourth-order valence-electron chi connectivity index (χ4n) is 6.88. The highest BCUT2D eigenvalue weighted by atomic mass is 19.1. The summed E-state index contributed by atoms with van der Waals surface area (Å²) in [5.74, 6) is 2.45. The van der Waals surface area contributed by atoms with Gasteiger partial charge in [0.1, 0.15) is 11.6 Å². The van der Waals surface area contributed by atoms with Crippen molar-refractivity contribution < 1.29 is 14.0 Å². The minimum atomic E-state index is -0.260. The summed E-state index contributed by atoms with van der Waals surface area (Å²) < 4.78 is 14.2. The van der Waals surface area contributed by atoms with E-state index in [1.54, 1.807) is 0 Å². The molecule has 4 aliphatic carbocycles. The summed E-state index contributed by atoms with van der Waals surface area (Å²) in [5.41, 5.74) is -0.375. The standard InChI is InChI=1S/C19H27FO2/c1-18-8-7-16-14(15(18)4-5-17(18)22)3-2-12-10-13(21)6-9-19(12,16)11-20/h12,14-16H,2-11H2,1H3/t12?,14-,15-,16-,18-,19+/m0/s1. The predicted molar refractivity (Wildman–Crippen MR) is 82.0 cm³/mol. The van der Waals surface area contributed by atoms with Crippen molar-refractivity contribution in [1.82, 2.24) is 0 Å². The SMILES string of the molecule is C[C@]12CC[C@H]3[C@@H](CCC4CC(=O)CC[C@@]43CF)[C@@H]1CCC2=O. The van der Waals surface area contributed by atoms with E-state index in [9.17, 15) is 14.0 Å². The zero-order valence-electron chi connectivity index (χ0n) is 13.6. The molecule has 4 fully saturated rings. The van der Waals surface area contributed by atoms with Crippen molar-refractivity contribution in [3.63, 3.8) is 0 Å². The van der Waals surface area contributed by atoms with Gasteiger partial charge in [0.15, 0.2) is 0 Å². The smallest absolute Gasteiger partial charge is 0.139 e. The van der Waals surface area contributed by atoms with Crippen LogP contribution in [0.2, 0.25) is 0 Å². The lowest BCUT2D eigenvalue weighted by Crippen LogP contribution is -2.55. The Balaban J connectivity index is 1.68. The van der Waals surface area contributed by atoms with Crippen molar-refractivity contribution >= 4 is 11.6 Å². The molecule has 0 N–H and O–H groups in total. The van der Waals surface area contributed by atoms with Gasteiger partial charge in [-0.15, -0.1) is 0 Å². The highest BCUT2D eigenvalue weighted by Gasteiger charge is 2.61. The predicted octanol–water partition coefficient (Wildman–Crippen LogP) is 4.12. The van der Waals surface area contributed by atoms with Gasteiger partial charge in [-0.1, -0.05) is 6.92 Å². The largest absolute Gasteiger partial charge is 0.300 e. The topological polar surface area (TPSA) is 34.1 Å². The van der Waals surface area contributed by atoms with Crippen molar-refractivity contribution in [2.24, 2.45) is 34.5 Å². The maximum atomic E-state index is 14.2. The molecule has 0 radical (unpaired) electrons. The van der Waals surface area contributed by atoms with Gasteiger partial charge < -0.3 is 0 Å². The third-order valence-corrected chi connectivity index (χ3v) is 8.14. The molecule has 2 nitrogen and oxygen atoms in total. The molecular weight excluding hydrogens is 279 g/mol. The molecule has 0 saturated heterocycles. The minimum Gasteiger partial charge on any atom is -0.300 e. The van der Waals surface area contributed by atoms with E-state index in [2.05, 4.69) is 6.92 Å². The molecule has 3 heteroatoms. The molecule has 4 rings (SSSR count). The number of hydrogen-bond acceptors (Lipinski definition) is 2. The second-order valence-electron chi connectivity index (χ2n) is 8.68. The van der Waals surface area contributed by atoms with Crippen LogP contribution >= 0.6 is 0 Å². The number of ketones is 2. The Morgan fingerprint density at radius 3 is 2.64 bits per heavy atom. The summed E-state index contributed by atoms with van der Waals surface area (Å²) in [5, 5.41) is 0. The van der Waals surface area contributed by atoms with Crippen LogP contribution in [-0.2, 0) is 9.59 Å². The van der Waals surface area contributed by atoms with Crippen molar-refractivity contribution in [2.45, 2.75) is 64.7 Å². The summed E-state index contributed by atoms with van der Waals surface area (Å²) in [7, 11) is 0. The van der Waals surface area contributed by atoms with Crippen LogP contribution in [0.15, 0.2) is 0 Å². The zero-order chi connectivity index (χ0) is 15.5. The summed E-state index contributed by atoms with van der Waals surface area (Å²) >= 11 is 0. The van der Waals surface area contributed by atoms with E-state index >= 15 is 0 Å². The fourth-order valence-corrected chi connectivity index (χ4v) is 6.88. The fraction of sp³-hybridized carbons (Fsp3) is 0.895. The van der Waals surface area contributed by atoms with E-state index in [4.69, 9.17) is 0 Å². The van der Waals surface area contributed by atoms with E-state index in [1.165, 1.54) is 0 Å². The molecule has 22 heavy (non-hydrogen) atoms. The maximum absolute atomic E-state index is 14.2. The van der Waals surface area contributed by atoms with Gasteiger partial charge in [-0.25, -0.2) is 0 Å². The Morgan fingerprint density at radius 2 is 1.86 bits per heavy atom. The van der Waals surface area contributed by atoms with Gasteiger partial charge in [0.2, 0.25) is 0 Å². The third-order valence-electron chi connectivity index (χ3n) is 8.14. The number of Topliss-reactive ketones (excluding diaryl/α,β-unsaturated/α-hetero) is 2. The van der Waals surface area contributed by atoms with Crippen molar-refractivity contribution in [2.75, 3.05) is 6.67 Å². The molecular formula is C19H27FO2. The number of halogens is 1. The maximum Gasteiger partial charge on any atom is 0.139 e. The van der Waals surface area contributed by atoms with E-state index in [0.717, 1.165) is 44.9 Å². The van der Waals surface area contributed by atoms with E-state index in [0.29, 0.717) is 42.2 Å². The quantitative estimate of drug-likeness (QED) is 0.730. The molecule has 1 unspecified atom stereocenters. The van der Waals surface area contributed by atoms with Crippen LogP contribution in [-0.4, -0.2) is 18.2 Å². The Labute approximate surface area is 132 Å². The average Bonchev–Trinajstić information content (AvgIpc) is 2.82. The van der Waals surface area contributed by atoms with Gasteiger partial charge in [-0.2, -0.15) is 0 Å². The van der Waals surface area contributed by atoms with Crippen LogP contribution in [0.25, 0.3) is 0 Å². The number of rotatable bonds is 1. The van der Waals surface area contributed by atoms with E-state index in [-0.39, 0.29) is 23.4 Å². The zero-order valence-corrected chi connectivity index (χ0v) is 13.6. The Morgan fingerprint density at radius 1 is 1.05 bits per heavy atom. The molecule has 6 atom stereocenters. The highest BCUT2D eigenvalue weighted by Crippen LogP contribution is 2.65. The first kappa shape index (κ1) is 14.8. The van der Waals surface area contributed by atoms with Gasteiger partial charge in [0.05, 0.1) is 6.67 Å².